The SMILES string of the molecule is CCNCc1cc(F)ccc1N1CCCC(C(=O)NC)C1. The number of piperidine rings is 1. The van der Waals surface area contributed by atoms with Gasteiger partial charge in [0, 0.05) is 32.4 Å². The third-order valence-corrected chi connectivity index (χ3v) is 3.99. The molecule has 0 bridgehead atoms. The molecule has 1 saturated heterocycles. The molecule has 0 spiro atoms. The highest BCUT2D eigenvalue weighted by atomic mass is 19.1. The van der Waals surface area contributed by atoms with Crippen molar-refractivity contribution in [2.45, 2.75) is 26.3 Å². The van der Waals surface area contributed by atoms with Crippen LogP contribution in [0.25, 0.3) is 0 Å². The highest BCUT2D eigenvalue weighted by molar-refractivity contribution is 5.79. The first-order valence-corrected chi connectivity index (χ1v) is 7.61. The van der Waals surface area contributed by atoms with Crippen LogP contribution in [0.5, 0.6) is 0 Å². The number of carbonyl (C=O) groups is 1. The zero-order valence-corrected chi connectivity index (χ0v) is 12.8. The minimum absolute atomic E-state index is 0.0146. The first-order chi connectivity index (χ1) is 10.2. The minimum Gasteiger partial charge on any atom is -0.370 e. The number of amides is 1. The number of hydrogen-bond acceptors (Lipinski definition) is 3. The number of nitrogens with one attached hydrogen (secondary N) is 2. The molecule has 1 aliphatic rings. The average molecular weight is 293 g/mol. The molecular formula is C16H24FN3O. The van der Waals surface area contributed by atoms with Gasteiger partial charge >= 0.3 is 0 Å². The third kappa shape index (κ3) is 3.94. The van der Waals surface area contributed by atoms with E-state index in [2.05, 4.69) is 15.5 Å². The largest absolute Gasteiger partial charge is 0.370 e. The van der Waals surface area contributed by atoms with Crippen LogP contribution in [0.1, 0.15) is 25.3 Å². The molecule has 0 radical (unpaired) electrons. The van der Waals surface area contributed by atoms with Crippen LogP contribution in [-0.2, 0) is 11.3 Å². The fourth-order valence-electron chi connectivity index (χ4n) is 2.88. The maximum atomic E-state index is 13.5. The van der Waals surface area contributed by atoms with Crippen LogP contribution in [0.15, 0.2) is 18.2 Å². The molecular weight excluding hydrogens is 269 g/mol. The van der Waals surface area contributed by atoms with Crippen molar-refractivity contribution in [2.24, 2.45) is 5.92 Å². The third-order valence-electron chi connectivity index (χ3n) is 3.99. The van der Waals surface area contributed by atoms with E-state index in [1.807, 2.05) is 13.0 Å². The number of halogens is 1. The Morgan fingerprint density at radius 1 is 1.48 bits per heavy atom. The van der Waals surface area contributed by atoms with Gasteiger partial charge in [-0.2, -0.15) is 0 Å². The molecule has 2 N–H and O–H groups in total. The van der Waals surface area contributed by atoms with Gasteiger partial charge in [-0.3, -0.25) is 4.79 Å². The van der Waals surface area contributed by atoms with Crippen molar-refractivity contribution in [2.75, 3.05) is 31.6 Å². The Balaban J connectivity index is 2.18. The Hall–Kier alpha value is -1.62. The molecule has 21 heavy (non-hydrogen) atoms. The van der Waals surface area contributed by atoms with E-state index in [0.717, 1.165) is 37.2 Å². The van der Waals surface area contributed by atoms with Crippen LogP contribution < -0.4 is 15.5 Å². The van der Waals surface area contributed by atoms with Gasteiger partial charge in [-0.15, -0.1) is 0 Å². The predicted molar refractivity (Wildman–Crippen MR) is 82.8 cm³/mol. The number of hydrogen-bond donors (Lipinski definition) is 2. The van der Waals surface area contributed by atoms with E-state index < -0.39 is 0 Å². The van der Waals surface area contributed by atoms with Gasteiger partial charge in [0.15, 0.2) is 0 Å². The van der Waals surface area contributed by atoms with E-state index in [0.29, 0.717) is 13.1 Å². The molecule has 0 aliphatic carbocycles. The van der Waals surface area contributed by atoms with Crippen LogP contribution in [0.4, 0.5) is 10.1 Å². The summed E-state index contributed by atoms with van der Waals surface area (Å²) in [5.74, 6) is -0.109. The molecule has 5 heteroatoms. The van der Waals surface area contributed by atoms with Crippen LogP contribution >= 0.6 is 0 Å². The molecule has 1 aromatic rings. The number of benzene rings is 1. The highest BCUT2D eigenvalue weighted by Crippen LogP contribution is 2.27. The molecule has 1 unspecified atom stereocenters. The van der Waals surface area contributed by atoms with Crippen molar-refractivity contribution in [1.82, 2.24) is 10.6 Å². The lowest BCUT2D eigenvalue weighted by atomic mass is 9.96. The van der Waals surface area contributed by atoms with Gasteiger partial charge in [-0.1, -0.05) is 6.92 Å². The Morgan fingerprint density at radius 2 is 2.29 bits per heavy atom. The first-order valence-electron chi connectivity index (χ1n) is 7.61. The number of carbonyl (C=O) groups excluding carboxylic acids is 1. The molecule has 1 atom stereocenters. The summed E-state index contributed by atoms with van der Waals surface area (Å²) in [6.07, 6.45) is 1.90. The van der Waals surface area contributed by atoms with Gasteiger partial charge in [0.1, 0.15) is 5.82 Å². The molecule has 1 heterocycles. The zero-order valence-electron chi connectivity index (χ0n) is 12.8. The maximum Gasteiger partial charge on any atom is 0.224 e. The Bertz CT molecular complexity index is 492. The second-order valence-electron chi connectivity index (χ2n) is 5.45. The first kappa shape index (κ1) is 15.8. The van der Waals surface area contributed by atoms with Crippen LogP contribution in [0.3, 0.4) is 0 Å². The molecule has 1 aliphatic heterocycles. The standard InChI is InChI=1S/C16H24FN3O/c1-3-19-10-13-9-14(17)6-7-15(13)20-8-4-5-12(11-20)16(21)18-2/h6-7,9,12,19H,3-5,8,10-11H2,1-2H3,(H,18,21). The van der Waals surface area contributed by atoms with Gasteiger partial charge in [-0.05, 0) is 43.1 Å². The molecule has 0 saturated carbocycles. The zero-order chi connectivity index (χ0) is 15.2. The van der Waals surface area contributed by atoms with E-state index in [1.165, 1.54) is 6.07 Å². The molecule has 1 amide bonds. The van der Waals surface area contributed by atoms with Gasteiger partial charge in [0.05, 0.1) is 5.92 Å². The van der Waals surface area contributed by atoms with Crippen LogP contribution in [-0.4, -0.2) is 32.6 Å². The topological polar surface area (TPSA) is 44.4 Å². The smallest absolute Gasteiger partial charge is 0.224 e. The summed E-state index contributed by atoms with van der Waals surface area (Å²) >= 11 is 0. The number of nitrogens with zero attached hydrogens (tertiary/aromatic N) is 1. The van der Waals surface area contributed by atoms with Crippen molar-refractivity contribution in [1.29, 1.82) is 0 Å². The summed E-state index contributed by atoms with van der Waals surface area (Å²) in [7, 11) is 1.68. The van der Waals surface area contributed by atoms with Crippen LogP contribution in [0.2, 0.25) is 0 Å². The molecule has 4 nitrogen and oxygen atoms in total. The van der Waals surface area contributed by atoms with E-state index >= 15 is 0 Å². The molecule has 0 aromatic heterocycles. The summed E-state index contributed by atoms with van der Waals surface area (Å²) < 4.78 is 13.5. The van der Waals surface area contributed by atoms with Gasteiger partial charge in [0.25, 0.3) is 0 Å². The van der Waals surface area contributed by atoms with E-state index in [1.54, 1.807) is 13.1 Å². The average Bonchev–Trinajstić information content (AvgIpc) is 2.52. The summed E-state index contributed by atoms with van der Waals surface area (Å²) in [6.45, 7) is 5.13. The Morgan fingerprint density at radius 3 is 3.00 bits per heavy atom. The van der Waals surface area contributed by atoms with Crippen molar-refractivity contribution in [3.8, 4) is 0 Å². The van der Waals surface area contributed by atoms with Gasteiger partial charge in [-0.25, -0.2) is 4.39 Å². The van der Waals surface area contributed by atoms with E-state index in [4.69, 9.17) is 0 Å². The Kier molecular flexibility index (Phi) is 5.56. The Labute approximate surface area is 125 Å². The fourth-order valence-corrected chi connectivity index (χ4v) is 2.88. The quantitative estimate of drug-likeness (QED) is 0.871. The summed E-state index contributed by atoms with van der Waals surface area (Å²) in [4.78, 5) is 14.0. The highest BCUT2D eigenvalue weighted by Gasteiger charge is 2.26. The van der Waals surface area contributed by atoms with Gasteiger partial charge in [0.2, 0.25) is 5.91 Å². The lowest BCUT2D eigenvalue weighted by Crippen LogP contribution is -2.42. The molecule has 1 fully saturated rings. The monoisotopic (exact) mass is 293 g/mol. The maximum absolute atomic E-state index is 13.5. The second kappa shape index (κ2) is 7.41. The molecule has 116 valence electrons. The summed E-state index contributed by atoms with van der Waals surface area (Å²) in [6, 6.07) is 4.91. The summed E-state index contributed by atoms with van der Waals surface area (Å²) in [5, 5.41) is 5.97. The molecule has 2 rings (SSSR count). The summed E-state index contributed by atoms with van der Waals surface area (Å²) in [5.41, 5.74) is 1.99. The minimum atomic E-state index is -0.216. The van der Waals surface area contributed by atoms with E-state index in [9.17, 15) is 9.18 Å². The second-order valence-corrected chi connectivity index (χ2v) is 5.45. The van der Waals surface area contributed by atoms with E-state index in [-0.39, 0.29) is 17.6 Å². The fraction of sp³-hybridized carbons (Fsp3) is 0.562. The van der Waals surface area contributed by atoms with Crippen molar-refractivity contribution in [3.63, 3.8) is 0 Å². The van der Waals surface area contributed by atoms with Crippen LogP contribution in [0, 0.1) is 11.7 Å². The lowest BCUT2D eigenvalue weighted by molar-refractivity contribution is -0.124. The van der Waals surface area contributed by atoms with Crippen molar-refractivity contribution >= 4 is 11.6 Å². The lowest BCUT2D eigenvalue weighted by Gasteiger charge is -2.34. The number of anilines is 1. The van der Waals surface area contributed by atoms with Crippen molar-refractivity contribution in [3.05, 3.63) is 29.6 Å². The normalized spacial score (nSPS) is 18.6. The van der Waals surface area contributed by atoms with Gasteiger partial charge < -0.3 is 15.5 Å². The van der Waals surface area contributed by atoms with Crippen molar-refractivity contribution < 1.29 is 9.18 Å². The number of rotatable bonds is 5. The molecule has 1 aromatic carbocycles. The predicted octanol–water partition coefficient (Wildman–Crippen LogP) is 1.90.